The Labute approximate surface area is 152 Å². The fourth-order valence-electron chi connectivity index (χ4n) is 2.31. The molecule has 3 amide bonds. The summed E-state index contributed by atoms with van der Waals surface area (Å²) in [7, 11) is 0. The number of imide groups is 1. The van der Waals surface area contributed by atoms with Crippen molar-refractivity contribution in [1.82, 2.24) is 5.32 Å². The average Bonchev–Trinajstić information content (AvgIpc) is 2.63. The van der Waals surface area contributed by atoms with E-state index in [-0.39, 0.29) is 6.42 Å². The lowest BCUT2D eigenvalue weighted by molar-refractivity contribution is -0.148. The molecule has 0 fully saturated rings. The number of urea groups is 1. The molecule has 0 heterocycles. The van der Waals surface area contributed by atoms with E-state index in [1.165, 1.54) is 0 Å². The molecule has 26 heavy (non-hydrogen) atoms. The summed E-state index contributed by atoms with van der Waals surface area (Å²) >= 11 is 0. The van der Waals surface area contributed by atoms with Crippen LogP contribution in [-0.4, -0.2) is 24.5 Å². The van der Waals surface area contributed by atoms with Crippen LogP contribution in [0.1, 0.15) is 23.1 Å². The van der Waals surface area contributed by atoms with Gasteiger partial charge < -0.3 is 10.1 Å². The third kappa shape index (κ3) is 6.05. The van der Waals surface area contributed by atoms with Crippen LogP contribution in [0.4, 0.5) is 10.5 Å². The molecule has 136 valence electrons. The molecule has 2 aromatic carbocycles. The molecular weight excluding hydrogens is 332 g/mol. The number of anilines is 1. The Bertz CT molecular complexity index is 788. The van der Waals surface area contributed by atoms with Gasteiger partial charge in [0, 0.05) is 12.1 Å². The molecule has 0 bridgehead atoms. The van der Waals surface area contributed by atoms with Crippen LogP contribution < -0.4 is 10.6 Å². The van der Waals surface area contributed by atoms with E-state index in [4.69, 9.17) is 4.74 Å². The average molecular weight is 354 g/mol. The van der Waals surface area contributed by atoms with Gasteiger partial charge in [-0.15, -0.1) is 0 Å². The normalized spacial score (nSPS) is 10.1. The molecule has 0 radical (unpaired) electrons. The predicted molar refractivity (Wildman–Crippen MR) is 98.8 cm³/mol. The summed E-state index contributed by atoms with van der Waals surface area (Å²) in [5, 5.41) is 4.74. The Balaban J connectivity index is 1.71. The van der Waals surface area contributed by atoms with Crippen molar-refractivity contribution in [3.8, 4) is 0 Å². The Morgan fingerprint density at radius 2 is 1.69 bits per heavy atom. The fraction of sp³-hybridized carbons (Fsp3) is 0.250. The van der Waals surface area contributed by atoms with Crippen molar-refractivity contribution < 1.29 is 19.1 Å². The molecule has 0 saturated heterocycles. The quantitative estimate of drug-likeness (QED) is 0.781. The van der Waals surface area contributed by atoms with E-state index in [0.29, 0.717) is 12.1 Å². The molecule has 6 heteroatoms. The van der Waals surface area contributed by atoms with Gasteiger partial charge in [-0.2, -0.15) is 0 Å². The molecule has 0 unspecified atom stereocenters. The zero-order valence-corrected chi connectivity index (χ0v) is 14.9. The van der Waals surface area contributed by atoms with Crippen LogP contribution in [0.25, 0.3) is 0 Å². The van der Waals surface area contributed by atoms with Crippen LogP contribution in [0.5, 0.6) is 0 Å². The van der Waals surface area contributed by atoms with Gasteiger partial charge in [-0.25, -0.2) is 4.79 Å². The zero-order chi connectivity index (χ0) is 18.9. The second-order valence-corrected chi connectivity index (χ2v) is 5.90. The number of ether oxygens (including phenoxy) is 1. The topological polar surface area (TPSA) is 84.5 Å². The van der Waals surface area contributed by atoms with E-state index < -0.39 is 24.5 Å². The second kappa shape index (κ2) is 9.36. The molecule has 0 aliphatic carbocycles. The highest BCUT2D eigenvalue weighted by atomic mass is 16.5. The summed E-state index contributed by atoms with van der Waals surface area (Å²) < 4.78 is 4.89. The van der Waals surface area contributed by atoms with Gasteiger partial charge >= 0.3 is 12.0 Å². The van der Waals surface area contributed by atoms with E-state index in [2.05, 4.69) is 10.6 Å². The largest absolute Gasteiger partial charge is 0.456 e. The smallest absolute Gasteiger partial charge is 0.325 e. The van der Waals surface area contributed by atoms with Crippen LogP contribution in [0.3, 0.4) is 0 Å². The number of esters is 1. The van der Waals surface area contributed by atoms with Crippen LogP contribution in [-0.2, 0) is 20.7 Å². The standard InChI is InChI=1S/C20H22N2O4/c1-14-7-6-10-17(15(14)2)21-20(25)22-18(23)13-26-19(24)12-11-16-8-4-3-5-9-16/h3-10H,11-13H2,1-2H3,(H2,21,22,23,25). The first-order valence-corrected chi connectivity index (χ1v) is 8.32. The maximum Gasteiger partial charge on any atom is 0.325 e. The third-order valence-electron chi connectivity index (χ3n) is 3.93. The molecule has 2 aromatic rings. The van der Waals surface area contributed by atoms with E-state index in [9.17, 15) is 14.4 Å². The van der Waals surface area contributed by atoms with Crippen molar-refractivity contribution in [2.24, 2.45) is 0 Å². The van der Waals surface area contributed by atoms with Gasteiger partial charge in [0.15, 0.2) is 6.61 Å². The number of rotatable bonds is 6. The summed E-state index contributed by atoms with van der Waals surface area (Å²) in [5.41, 5.74) is 3.58. The maximum atomic E-state index is 11.9. The summed E-state index contributed by atoms with van der Waals surface area (Å²) in [5.74, 6) is -1.17. The predicted octanol–water partition coefficient (Wildman–Crippen LogP) is 3.13. The van der Waals surface area contributed by atoms with Crippen LogP contribution >= 0.6 is 0 Å². The van der Waals surface area contributed by atoms with Crippen molar-refractivity contribution in [2.75, 3.05) is 11.9 Å². The Hall–Kier alpha value is -3.15. The minimum Gasteiger partial charge on any atom is -0.456 e. The van der Waals surface area contributed by atoms with E-state index in [1.807, 2.05) is 56.3 Å². The maximum absolute atomic E-state index is 11.9. The van der Waals surface area contributed by atoms with Crippen molar-refractivity contribution in [3.63, 3.8) is 0 Å². The van der Waals surface area contributed by atoms with E-state index in [1.54, 1.807) is 6.07 Å². The highest BCUT2D eigenvalue weighted by molar-refractivity contribution is 6.02. The molecule has 0 aliphatic heterocycles. The van der Waals surface area contributed by atoms with Gasteiger partial charge in [0.05, 0.1) is 0 Å². The Morgan fingerprint density at radius 3 is 2.42 bits per heavy atom. The molecule has 0 saturated carbocycles. The molecule has 0 aliphatic rings. The van der Waals surface area contributed by atoms with Gasteiger partial charge in [-0.1, -0.05) is 42.5 Å². The van der Waals surface area contributed by atoms with Gasteiger partial charge in [-0.3, -0.25) is 14.9 Å². The molecule has 0 atom stereocenters. The minimum atomic E-state index is -0.680. The first kappa shape index (κ1) is 19.2. The molecule has 0 aromatic heterocycles. The zero-order valence-electron chi connectivity index (χ0n) is 14.9. The van der Waals surface area contributed by atoms with Crippen molar-refractivity contribution in [3.05, 3.63) is 65.2 Å². The number of carbonyl (C=O) groups is 3. The second-order valence-electron chi connectivity index (χ2n) is 5.90. The first-order chi connectivity index (χ1) is 12.5. The summed E-state index contributed by atoms with van der Waals surface area (Å²) in [4.78, 5) is 35.3. The van der Waals surface area contributed by atoms with Crippen LogP contribution in [0, 0.1) is 13.8 Å². The van der Waals surface area contributed by atoms with E-state index >= 15 is 0 Å². The minimum absolute atomic E-state index is 0.173. The lowest BCUT2D eigenvalue weighted by Crippen LogP contribution is -2.37. The lowest BCUT2D eigenvalue weighted by atomic mass is 10.1. The molecule has 6 nitrogen and oxygen atoms in total. The highest BCUT2D eigenvalue weighted by Gasteiger charge is 2.12. The molecular formula is C20H22N2O4. The molecule has 0 spiro atoms. The van der Waals surface area contributed by atoms with Crippen molar-refractivity contribution in [2.45, 2.75) is 26.7 Å². The summed E-state index contributed by atoms with van der Waals surface area (Å²) in [6.45, 7) is 3.31. The number of hydrogen-bond acceptors (Lipinski definition) is 4. The number of nitrogens with one attached hydrogen (secondary N) is 2. The number of carbonyl (C=O) groups excluding carboxylic acids is 3. The highest BCUT2D eigenvalue weighted by Crippen LogP contribution is 2.17. The van der Waals surface area contributed by atoms with Crippen LogP contribution in [0.2, 0.25) is 0 Å². The van der Waals surface area contributed by atoms with E-state index in [0.717, 1.165) is 16.7 Å². The number of aryl methyl sites for hydroxylation is 2. The van der Waals surface area contributed by atoms with Gasteiger partial charge in [0.2, 0.25) is 0 Å². The van der Waals surface area contributed by atoms with Gasteiger partial charge in [0.25, 0.3) is 5.91 Å². The Morgan fingerprint density at radius 1 is 0.962 bits per heavy atom. The Kier molecular flexibility index (Phi) is 6.91. The van der Waals surface area contributed by atoms with Crippen LogP contribution in [0.15, 0.2) is 48.5 Å². The van der Waals surface area contributed by atoms with Gasteiger partial charge in [0.1, 0.15) is 0 Å². The van der Waals surface area contributed by atoms with Crippen molar-refractivity contribution in [1.29, 1.82) is 0 Å². The summed E-state index contributed by atoms with van der Waals surface area (Å²) in [6.07, 6.45) is 0.709. The lowest BCUT2D eigenvalue weighted by Gasteiger charge is -2.11. The van der Waals surface area contributed by atoms with Gasteiger partial charge in [-0.05, 0) is 43.0 Å². The number of amides is 3. The molecule has 2 rings (SSSR count). The third-order valence-corrected chi connectivity index (χ3v) is 3.93. The molecule has 2 N–H and O–H groups in total. The fourth-order valence-corrected chi connectivity index (χ4v) is 2.31. The number of benzene rings is 2. The SMILES string of the molecule is Cc1cccc(NC(=O)NC(=O)COC(=O)CCc2ccccc2)c1C. The monoisotopic (exact) mass is 354 g/mol. The number of hydrogen-bond donors (Lipinski definition) is 2. The first-order valence-electron chi connectivity index (χ1n) is 8.32. The summed E-state index contributed by atoms with van der Waals surface area (Å²) in [6, 6.07) is 14.3. The van der Waals surface area contributed by atoms with Crippen molar-refractivity contribution >= 4 is 23.6 Å².